The van der Waals surface area contributed by atoms with E-state index in [-0.39, 0.29) is 6.29 Å². The maximum atomic E-state index is 5.25. The molecule has 0 saturated heterocycles. The first-order chi connectivity index (χ1) is 9.28. The average molecular weight is 264 g/mol. The minimum Gasteiger partial charge on any atom is -0.497 e. The molecule has 0 radical (unpaired) electrons. The third kappa shape index (κ3) is 3.26. The Hall–Kier alpha value is -1.56. The summed E-state index contributed by atoms with van der Waals surface area (Å²) < 4.78 is 15.5. The lowest BCUT2D eigenvalue weighted by atomic mass is 10.1. The molecule has 0 unspecified atom stereocenters. The number of benzene rings is 1. The van der Waals surface area contributed by atoms with Crippen LogP contribution in [0.15, 0.2) is 24.4 Å². The van der Waals surface area contributed by atoms with E-state index in [1.807, 2.05) is 24.4 Å². The van der Waals surface area contributed by atoms with Gasteiger partial charge in [-0.05, 0) is 23.8 Å². The first-order valence-corrected chi connectivity index (χ1v) is 6.18. The van der Waals surface area contributed by atoms with Gasteiger partial charge in [0, 0.05) is 44.4 Å². The standard InChI is InChI=1S/C14H20N2O3/c1-17-11-4-5-13-12(6-11)10(8-16-13)7-15-9-14(18-2)19-3/h4-6,8,14-16H,7,9H2,1-3H3. The average Bonchev–Trinajstić information content (AvgIpc) is 2.86. The summed E-state index contributed by atoms with van der Waals surface area (Å²) in [6.07, 6.45) is 1.78. The zero-order chi connectivity index (χ0) is 13.7. The summed E-state index contributed by atoms with van der Waals surface area (Å²) in [6, 6.07) is 6.00. The van der Waals surface area contributed by atoms with Gasteiger partial charge in [0.2, 0.25) is 0 Å². The van der Waals surface area contributed by atoms with E-state index in [4.69, 9.17) is 14.2 Å². The molecule has 1 aromatic carbocycles. The van der Waals surface area contributed by atoms with E-state index in [9.17, 15) is 0 Å². The van der Waals surface area contributed by atoms with Gasteiger partial charge < -0.3 is 24.5 Å². The molecule has 1 aromatic heterocycles. The van der Waals surface area contributed by atoms with Crippen LogP contribution in [0, 0.1) is 0 Å². The highest BCUT2D eigenvalue weighted by Crippen LogP contribution is 2.23. The molecule has 0 bridgehead atoms. The largest absolute Gasteiger partial charge is 0.497 e. The molecule has 0 spiro atoms. The van der Waals surface area contributed by atoms with E-state index in [0.29, 0.717) is 6.54 Å². The second kappa shape index (κ2) is 6.56. The number of methoxy groups -OCH3 is 3. The lowest BCUT2D eigenvalue weighted by Crippen LogP contribution is -2.29. The van der Waals surface area contributed by atoms with Crippen LogP contribution in [0.2, 0.25) is 0 Å². The summed E-state index contributed by atoms with van der Waals surface area (Å²) in [5.41, 5.74) is 2.30. The molecular weight excluding hydrogens is 244 g/mol. The lowest BCUT2D eigenvalue weighted by molar-refractivity contribution is -0.0988. The molecule has 0 fully saturated rings. The van der Waals surface area contributed by atoms with Crippen LogP contribution in [0.5, 0.6) is 5.75 Å². The molecular formula is C14H20N2O3. The van der Waals surface area contributed by atoms with E-state index in [1.165, 1.54) is 10.9 Å². The second-order valence-corrected chi connectivity index (χ2v) is 4.26. The summed E-state index contributed by atoms with van der Waals surface area (Å²) in [6.45, 7) is 1.39. The summed E-state index contributed by atoms with van der Waals surface area (Å²) >= 11 is 0. The summed E-state index contributed by atoms with van der Waals surface area (Å²) in [5.74, 6) is 0.861. The maximum Gasteiger partial charge on any atom is 0.169 e. The minimum absolute atomic E-state index is 0.222. The number of hydrogen-bond acceptors (Lipinski definition) is 4. The zero-order valence-corrected chi connectivity index (χ0v) is 11.5. The number of aromatic nitrogens is 1. The van der Waals surface area contributed by atoms with Gasteiger partial charge in [-0.15, -0.1) is 0 Å². The first kappa shape index (κ1) is 13.9. The van der Waals surface area contributed by atoms with Crippen LogP contribution >= 0.6 is 0 Å². The van der Waals surface area contributed by atoms with Crippen LogP contribution < -0.4 is 10.1 Å². The molecule has 5 nitrogen and oxygen atoms in total. The van der Waals surface area contributed by atoms with Gasteiger partial charge in [-0.25, -0.2) is 0 Å². The molecule has 5 heteroatoms. The molecule has 2 aromatic rings. The van der Waals surface area contributed by atoms with Crippen LogP contribution in [-0.2, 0) is 16.0 Å². The van der Waals surface area contributed by atoms with E-state index >= 15 is 0 Å². The van der Waals surface area contributed by atoms with Gasteiger partial charge in [0.25, 0.3) is 0 Å². The molecule has 0 saturated carbocycles. The quantitative estimate of drug-likeness (QED) is 0.750. The van der Waals surface area contributed by atoms with Crippen molar-refractivity contribution >= 4 is 10.9 Å². The summed E-state index contributed by atoms with van der Waals surface area (Å²) in [7, 11) is 4.94. The molecule has 2 rings (SSSR count). The Balaban J connectivity index is 2.04. The Morgan fingerprint density at radius 1 is 1.21 bits per heavy atom. The van der Waals surface area contributed by atoms with Crippen molar-refractivity contribution in [2.75, 3.05) is 27.9 Å². The zero-order valence-electron chi connectivity index (χ0n) is 11.5. The van der Waals surface area contributed by atoms with Crippen LogP contribution in [0.4, 0.5) is 0 Å². The van der Waals surface area contributed by atoms with Gasteiger partial charge in [0.1, 0.15) is 5.75 Å². The number of fused-ring (bicyclic) bond motifs is 1. The van der Waals surface area contributed by atoms with Crippen molar-refractivity contribution in [2.45, 2.75) is 12.8 Å². The number of rotatable bonds is 7. The number of hydrogen-bond donors (Lipinski definition) is 2. The highest BCUT2D eigenvalue weighted by atomic mass is 16.7. The second-order valence-electron chi connectivity index (χ2n) is 4.26. The van der Waals surface area contributed by atoms with Crippen LogP contribution in [0.25, 0.3) is 10.9 Å². The van der Waals surface area contributed by atoms with Gasteiger partial charge in [-0.1, -0.05) is 0 Å². The van der Waals surface area contributed by atoms with Gasteiger partial charge in [-0.3, -0.25) is 0 Å². The number of H-pyrrole nitrogens is 1. The topological polar surface area (TPSA) is 55.5 Å². The van der Waals surface area contributed by atoms with Gasteiger partial charge >= 0.3 is 0 Å². The van der Waals surface area contributed by atoms with Crippen molar-refractivity contribution in [3.05, 3.63) is 30.0 Å². The molecule has 0 aliphatic rings. The fourth-order valence-electron chi connectivity index (χ4n) is 2.02. The number of ether oxygens (including phenoxy) is 3. The van der Waals surface area contributed by atoms with Crippen molar-refractivity contribution in [2.24, 2.45) is 0 Å². The maximum absolute atomic E-state index is 5.25. The van der Waals surface area contributed by atoms with Crippen LogP contribution in [-0.4, -0.2) is 39.1 Å². The van der Waals surface area contributed by atoms with Gasteiger partial charge in [-0.2, -0.15) is 0 Å². The lowest BCUT2D eigenvalue weighted by Gasteiger charge is -2.13. The Labute approximate surface area is 112 Å². The highest BCUT2D eigenvalue weighted by molar-refractivity contribution is 5.84. The highest BCUT2D eigenvalue weighted by Gasteiger charge is 2.07. The van der Waals surface area contributed by atoms with Crippen molar-refractivity contribution in [3.8, 4) is 5.75 Å². The molecule has 2 N–H and O–H groups in total. The molecule has 0 aliphatic carbocycles. The number of nitrogens with one attached hydrogen (secondary N) is 2. The van der Waals surface area contributed by atoms with Crippen LogP contribution in [0.1, 0.15) is 5.56 Å². The van der Waals surface area contributed by atoms with Gasteiger partial charge in [0.05, 0.1) is 7.11 Å². The molecule has 19 heavy (non-hydrogen) atoms. The van der Waals surface area contributed by atoms with Crippen molar-refractivity contribution in [1.82, 2.24) is 10.3 Å². The van der Waals surface area contributed by atoms with Crippen LogP contribution in [0.3, 0.4) is 0 Å². The third-order valence-corrected chi connectivity index (χ3v) is 3.13. The Bertz CT molecular complexity index is 520. The van der Waals surface area contributed by atoms with Crippen molar-refractivity contribution < 1.29 is 14.2 Å². The Kier molecular flexibility index (Phi) is 4.79. The molecule has 0 amide bonds. The molecule has 0 atom stereocenters. The first-order valence-electron chi connectivity index (χ1n) is 6.18. The molecule has 104 valence electrons. The van der Waals surface area contributed by atoms with Crippen molar-refractivity contribution in [3.63, 3.8) is 0 Å². The van der Waals surface area contributed by atoms with E-state index in [2.05, 4.69) is 10.3 Å². The fourth-order valence-corrected chi connectivity index (χ4v) is 2.02. The van der Waals surface area contributed by atoms with Crippen molar-refractivity contribution in [1.29, 1.82) is 0 Å². The smallest absolute Gasteiger partial charge is 0.169 e. The Morgan fingerprint density at radius 2 is 2.00 bits per heavy atom. The normalized spacial score (nSPS) is 11.4. The SMILES string of the molecule is COc1ccc2[nH]cc(CNCC(OC)OC)c2c1. The predicted octanol–water partition coefficient (Wildman–Crippen LogP) is 1.89. The fraction of sp³-hybridized carbons (Fsp3) is 0.429. The molecule has 1 heterocycles. The van der Waals surface area contributed by atoms with E-state index < -0.39 is 0 Å². The monoisotopic (exact) mass is 264 g/mol. The number of aromatic amines is 1. The predicted molar refractivity (Wildman–Crippen MR) is 74.4 cm³/mol. The third-order valence-electron chi connectivity index (χ3n) is 3.13. The minimum atomic E-state index is -0.222. The van der Waals surface area contributed by atoms with E-state index in [0.717, 1.165) is 17.8 Å². The Morgan fingerprint density at radius 3 is 2.68 bits per heavy atom. The van der Waals surface area contributed by atoms with Gasteiger partial charge in [0.15, 0.2) is 6.29 Å². The van der Waals surface area contributed by atoms with E-state index in [1.54, 1.807) is 21.3 Å². The summed E-state index contributed by atoms with van der Waals surface area (Å²) in [5, 5.41) is 4.47. The summed E-state index contributed by atoms with van der Waals surface area (Å²) in [4.78, 5) is 3.25. The molecule has 0 aliphatic heterocycles.